The summed E-state index contributed by atoms with van der Waals surface area (Å²) in [4.78, 5) is 27.7. The second kappa shape index (κ2) is 10.2. The molecule has 1 aromatic heterocycles. The van der Waals surface area contributed by atoms with Gasteiger partial charge in [-0.2, -0.15) is 0 Å². The zero-order valence-electron chi connectivity index (χ0n) is 22.1. The van der Waals surface area contributed by atoms with Crippen LogP contribution in [0.1, 0.15) is 56.4 Å². The molecule has 1 amide bonds. The highest BCUT2D eigenvalue weighted by Gasteiger charge is 2.48. The van der Waals surface area contributed by atoms with Crippen molar-refractivity contribution in [3.63, 3.8) is 0 Å². The van der Waals surface area contributed by atoms with Crippen LogP contribution in [0.5, 0.6) is 11.5 Å². The zero-order chi connectivity index (χ0) is 28.7. The molecule has 2 aromatic carbocycles. The maximum atomic E-state index is 13.4. The van der Waals surface area contributed by atoms with E-state index in [1.54, 1.807) is 37.3 Å². The summed E-state index contributed by atoms with van der Waals surface area (Å²) >= 11 is 0. The van der Waals surface area contributed by atoms with Crippen LogP contribution in [0.3, 0.4) is 0 Å². The molecule has 1 N–H and O–H groups in total. The van der Waals surface area contributed by atoms with Crippen LogP contribution in [0.2, 0.25) is 0 Å². The lowest BCUT2D eigenvalue weighted by atomic mass is 9.84. The van der Waals surface area contributed by atoms with E-state index in [-0.39, 0.29) is 22.4 Å². The number of aliphatic hydroxyl groups excluding tert-OH is 1. The van der Waals surface area contributed by atoms with Crippen molar-refractivity contribution >= 4 is 23.1 Å². The molecule has 7 nitrogen and oxygen atoms in total. The van der Waals surface area contributed by atoms with Gasteiger partial charge in [-0.05, 0) is 73.9 Å². The number of amides is 1. The van der Waals surface area contributed by atoms with Crippen LogP contribution in [0.25, 0.3) is 5.76 Å². The molecule has 0 bridgehead atoms. The molecule has 2 heterocycles. The van der Waals surface area contributed by atoms with Gasteiger partial charge in [0.15, 0.2) is 0 Å². The van der Waals surface area contributed by atoms with Gasteiger partial charge in [-0.3, -0.25) is 14.5 Å². The number of ether oxygens (including phenoxy) is 2. The predicted octanol–water partition coefficient (Wildman–Crippen LogP) is 6.81. The molecule has 1 atom stereocenters. The van der Waals surface area contributed by atoms with Crippen LogP contribution in [-0.2, 0) is 15.0 Å². The number of carbonyl (C=O) groups is 2. The maximum Gasteiger partial charge on any atom is 0.573 e. The number of Topliss-reactive ketones (excluding diaryl/α,β-unsaturated/α-hetero) is 1. The third-order valence-corrected chi connectivity index (χ3v) is 6.18. The first-order chi connectivity index (χ1) is 18.2. The van der Waals surface area contributed by atoms with E-state index in [2.05, 4.69) is 4.74 Å². The van der Waals surface area contributed by atoms with Crippen molar-refractivity contribution in [3.05, 3.63) is 82.8 Å². The van der Waals surface area contributed by atoms with Crippen molar-refractivity contribution < 1.29 is 41.8 Å². The number of aryl methyl sites for hydroxylation is 1. The fraction of sp³-hybridized carbons (Fsp3) is 0.310. The van der Waals surface area contributed by atoms with Gasteiger partial charge in [0.2, 0.25) is 0 Å². The number of benzene rings is 2. The Hall–Kier alpha value is -4.21. The molecule has 1 saturated heterocycles. The van der Waals surface area contributed by atoms with E-state index in [4.69, 9.17) is 9.15 Å². The number of carbonyl (C=O) groups excluding carboxylic acids is 2. The largest absolute Gasteiger partial charge is 0.573 e. The Kier molecular flexibility index (Phi) is 7.25. The van der Waals surface area contributed by atoms with E-state index in [0.717, 1.165) is 22.6 Å². The highest BCUT2D eigenvalue weighted by atomic mass is 19.4. The normalized spacial score (nSPS) is 17.5. The Labute approximate surface area is 223 Å². The molecule has 3 aromatic rings. The van der Waals surface area contributed by atoms with E-state index < -0.39 is 35.6 Å². The molecule has 0 radical (unpaired) electrons. The van der Waals surface area contributed by atoms with Gasteiger partial charge in [0.25, 0.3) is 11.7 Å². The van der Waals surface area contributed by atoms with Gasteiger partial charge >= 0.3 is 6.36 Å². The maximum absolute atomic E-state index is 13.4. The summed E-state index contributed by atoms with van der Waals surface area (Å²) in [5.74, 6) is -1.51. The van der Waals surface area contributed by atoms with Gasteiger partial charge in [-0.15, -0.1) is 13.2 Å². The van der Waals surface area contributed by atoms with Gasteiger partial charge in [-0.1, -0.05) is 20.8 Å². The average molecular weight is 544 g/mol. The summed E-state index contributed by atoms with van der Waals surface area (Å²) in [6.07, 6.45) is -4.89. The minimum atomic E-state index is -4.89. The Balaban J connectivity index is 1.86. The Morgan fingerprint density at radius 1 is 1.03 bits per heavy atom. The molecule has 4 rings (SSSR count). The number of nitrogens with zero attached hydrogens (tertiary/aromatic N) is 1. The van der Waals surface area contributed by atoms with E-state index in [9.17, 15) is 27.9 Å². The minimum Gasteiger partial charge on any atom is -0.507 e. The summed E-state index contributed by atoms with van der Waals surface area (Å²) in [5.41, 5.74) is 0.614. The first-order valence-electron chi connectivity index (χ1n) is 12.2. The number of hydrogen-bond acceptors (Lipinski definition) is 6. The molecule has 206 valence electrons. The monoisotopic (exact) mass is 543 g/mol. The van der Waals surface area contributed by atoms with E-state index in [1.165, 1.54) is 12.1 Å². The summed E-state index contributed by atoms with van der Waals surface area (Å²) in [6, 6.07) is 11.6. The highest BCUT2D eigenvalue weighted by molar-refractivity contribution is 6.51. The quantitative estimate of drug-likeness (QED) is 0.209. The van der Waals surface area contributed by atoms with E-state index in [0.29, 0.717) is 23.7 Å². The van der Waals surface area contributed by atoms with Crippen molar-refractivity contribution in [2.75, 3.05) is 11.5 Å². The third-order valence-electron chi connectivity index (χ3n) is 6.18. The summed E-state index contributed by atoms with van der Waals surface area (Å²) in [5, 5.41) is 11.4. The fourth-order valence-electron chi connectivity index (χ4n) is 4.48. The van der Waals surface area contributed by atoms with Crippen molar-refractivity contribution in [1.82, 2.24) is 0 Å². The van der Waals surface area contributed by atoms with Crippen molar-refractivity contribution in [3.8, 4) is 11.5 Å². The van der Waals surface area contributed by atoms with Crippen LogP contribution in [-0.4, -0.2) is 29.8 Å². The number of halogens is 3. The molecule has 1 aliphatic rings. The molecule has 1 aliphatic heterocycles. The lowest BCUT2D eigenvalue weighted by Gasteiger charge is -2.25. The molecule has 0 saturated carbocycles. The summed E-state index contributed by atoms with van der Waals surface area (Å²) in [7, 11) is 0. The fourth-order valence-corrected chi connectivity index (χ4v) is 4.48. The first kappa shape index (κ1) is 27.8. The molecule has 10 heteroatoms. The zero-order valence-corrected chi connectivity index (χ0v) is 22.1. The Bertz CT molecular complexity index is 1430. The van der Waals surface area contributed by atoms with E-state index in [1.807, 2.05) is 27.7 Å². The van der Waals surface area contributed by atoms with Crippen molar-refractivity contribution in [1.29, 1.82) is 0 Å². The van der Waals surface area contributed by atoms with Crippen LogP contribution in [0.15, 0.2) is 64.6 Å². The van der Waals surface area contributed by atoms with Gasteiger partial charge in [-0.25, -0.2) is 0 Å². The molecule has 0 spiro atoms. The first-order valence-corrected chi connectivity index (χ1v) is 12.2. The number of furan rings is 1. The SMILES string of the molecule is CCOc1ccc(/C(O)=C2/C(=O)C(=O)N(c3ccc(OC(F)(F)F)cc3)C2c2ccc(C)o2)cc1C(C)(C)C. The highest BCUT2D eigenvalue weighted by Crippen LogP contribution is 2.44. The smallest absolute Gasteiger partial charge is 0.507 e. The summed E-state index contributed by atoms with van der Waals surface area (Å²) < 4.78 is 53.3. The minimum absolute atomic E-state index is 0.117. The van der Waals surface area contributed by atoms with Crippen LogP contribution in [0.4, 0.5) is 18.9 Å². The predicted molar refractivity (Wildman–Crippen MR) is 138 cm³/mol. The second-order valence-electron chi connectivity index (χ2n) is 10.1. The topological polar surface area (TPSA) is 89.2 Å². The van der Waals surface area contributed by atoms with Crippen LogP contribution >= 0.6 is 0 Å². The van der Waals surface area contributed by atoms with E-state index >= 15 is 0 Å². The van der Waals surface area contributed by atoms with Crippen LogP contribution < -0.4 is 14.4 Å². The number of anilines is 1. The molecular weight excluding hydrogens is 515 g/mol. The third kappa shape index (κ3) is 5.64. The van der Waals surface area contributed by atoms with Gasteiger partial charge in [0, 0.05) is 16.8 Å². The average Bonchev–Trinajstić information content (AvgIpc) is 3.38. The number of ketones is 1. The van der Waals surface area contributed by atoms with Crippen molar-refractivity contribution in [2.24, 2.45) is 0 Å². The standard InChI is InChI=1S/C29H28F3NO6/c1-6-37-21-14-8-17(15-20(21)28(3,4)5)25(34)23-24(22-13-7-16(2)38-22)33(27(36)26(23)35)18-9-11-19(12-10-18)39-29(30,31)32/h7-15,24,34H,6H2,1-5H3/b25-23-. The number of aliphatic hydroxyl groups is 1. The molecule has 0 aliphatic carbocycles. The lowest BCUT2D eigenvalue weighted by Crippen LogP contribution is -2.29. The number of hydrogen-bond donors (Lipinski definition) is 1. The van der Waals surface area contributed by atoms with Gasteiger partial charge in [0.05, 0.1) is 12.2 Å². The Morgan fingerprint density at radius 3 is 2.23 bits per heavy atom. The number of rotatable bonds is 6. The summed E-state index contributed by atoms with van der Waals surface area (Å²) in [6.45, 7) is 9.91. The van der Waals surface area contributed by atoms with Gasteiger partial charge in [0.1, 0.15) is 34.8 Å². The molecule has 1 unspecified atom stereocenters. The number of alkyl halides is 3. The van der Waals surface area contributed by atoms with Gasteiger partial charge < -0.3 is 19.0 Å². The molecule has 1 fully saturated rings. The Morgan fingerprint density at radius 2 is 1.69 bits per heavy atom. The van der Waals surface area contributed by atoms with Crippen molar-refractivity contribution in [2.45, 2.75) is 52.4 Å². The second-order valence-corrected chi connectivity index (χ2v) is 10.1. The molecular formula is C29H28F3NO6. The lowest BCUT2D eigenvalue weighted by molar-refractivity contribution is -0.274. The molecule has 39 heavy (non-hydrogen) atoms. The van der Waals surface area contributed by atoms with Crippen LogP contribution in [0, 0.1) is 6.92 Å².